The maximum absolute atomic E-state index is 11.5. The molecule has 0 fully saturated rings. The van der Waals surface area contributed by atoms with Crippen molar-refractivity contribution < 1.29 is 27.3 Å². The summed E-state index contributed by atoms with van der Waals surface area (Å²) in [5, 5.41) is 13.0. The summed E-state index contributed by atoms with van der Waals surface area (Å²) >= 11 is 6.09. The number of aliphatic hydroxyl groups excluding tert-OH is 1. The molecule has 0 aliphatic heterocycles. The molecule has 0 heterocycles. The van der Waals surface area contributed by atoms with Crippen LogP contribution in [0.2, 0.25) is 5.02 Å². The molecule has 0 bridgehead atoms. The van der Waals surface area contributed by atoms with Crippen molar-refractivity contribution in [2.75, 3.05) is 5.32 Å². The number of carbonyl (C=O) groups is 1. The largest absolute Gasteiger partial charge is 1.00 e. The minimum absolute atomic E-state index is 0. The summed E-state index contributed by atoms with van der Waals surface area (Å²) in [5.74, 6) is 0.722. The van der Waals surface area contributed by atoms with Crippen LogP contribution in [0.5, 0.6) is 0 Å². The first-order chi connectivity index (χ1) is 9.97. The molecule has 1 atom stereocenters. The summed E-state index contributed by atoms with van der Waals surface area (Å²) in [5.41, 5.74) is 2.38. The molecule has 120 valence electrons. The van der Waals surface area contributed by atoms with Gasteiger partial charge in [-0.2, -0.15) is 0 Å². The summed E-state index contributed by atoms with van der Waals surface area (Å²) in [4.78, 5) is 14.8. The fourth-order valence-electron chi connectivity index (χ4n) is 2.33. The maximum atomic E-state index is 11.5. The number of halogens is 2. The summed E-state index contributed by atoms with van der Waals surface area (Å²) in [6.07, 6.45) is 3.76. The Kier molecular flexibility index (Phi) is 6.91. The molecule has 2 rings (SSSR count). The van der Waals surface area contributed by atoms with E-state index in [0.717, 1.165) is 17.8 Å². The number of hydrogen-bond acceptors (Lipinski definition) is 2. The lowest BCUT2D eigenvalue weighted by atomic mass is 9.93. The van der Waals surface area contributed by atoms with Crippen molar-refractivity contribution >= 4 is 34.6 Å². The third-order valence-corrected chi connectivity index (χ3v) is 3.66. The van der Waals surface area contributed by atoms with E-state index in [1.807, 2.05) is 6.07 Å². The molecular formula is C16H20Cl2N2O2. The summed E-state index contributed by atoms with van der Waals surface area (Å²) in [6.45, 7) is 3.89. The van der Waals surface area contributed by atoms with Crippen molar-refractivity contribution in [3.05, 3.63) is 35.1 Å². The molecule has 0 radical (unpaired) electrons. The normalized spacial score (nSPS) is 19.3. The third-order valence-electron chi connectivity index (χ3n) is 3.33. The smallest absolute Gasteiger partial charge is 0.224 e. The van der Waals surface area contributed by atoms with Crippen LogP contribution in [0.4, 0.5) is 11.4 Å². The molecule has 0 saturated carbocycles. The number of hydrogen-bond donors (Lipinski definition) is 3. The predicted octanol–water partition coefficient (Wildman–Crippen LogP) is -0.283. The van der Waals surface area contributed by atoms with Crippen LogP contribution >= 0.6 is 11.6 Å². The molecule has 0 saturated heterocycles. The molecular weight excluding hydrogens is 323 g/mol. The van der Waals surface area contributed by atoms with Gasteiger partial charge in [0.15, 0.2) is 5.71 Å². The average Bonchev–Trinajstić information content (AvgIpc) is 2.41. The minimum Gasteiger partial charge on any atom is -1.00 e. The maximum Gasteiger partial charge on any atom is 0.224 e. The van der Waals surface area contributed by atoms with Gasteiger partial charge in [0.05, 0.1) is 16.5 Å². The number of aliphatic hydroxyl groups is 1. The van der Waals surface area contributed by atoms with Crippen LogP contribution in [0.1, 0.15) is 33.1 Å². The minimum atomic E-state index is -0.0782. The lowest BCUT2D eigenvalue weighted by Gasteiger charge is -2.13. The number of nitrogens with one attached hydrogen (secondary N) is 2. The van der Waals surface area contributed by atoms with Gasteiger partial charge in [0.2, 0.25) is 11.6 Å². The Morgan fingerprint density at radius 3 is 2.82 bits per heavy atom. The number of benzene rings is 1. The van der Waals surface area contributed by atoms with Crippen LogP contribution in [-0.4, -0.2) is 16.7 Å². The van der Waals surface area contributed by atoms with E-state index < -0.39 is 0 Å². The van der Waals surface area contributed by atoms with E-state index in [-0.39, 0.29) is 18.3 Å². The number of amides is 1. The first-order valence-electron chi connectivity index (χ1n) is 7.09. The lowest BCUT2D eigenvalue weighted by Crippen LogP contribution is -3.00. The molecule has 4 nitrogen and oxygen atoms in total. The van der Waals surface area contributed by atoms with Gasteiger partial charge in [-0.05, 0) is 12.0 Å². The molecule has 1 unspecified atom stereocenters. The van der Waals surface area contributed by atoms with Crippen LogP contribution < -0.4 is 22.7 Å². The highest BCUT2D eigenvalue weighted by Crippen LogP contribution is 2.24. The van der Waals surface area contributed by atoms with Gasteiger partial charge >= 0.3 is 0 Å². The molecule has 22 heavy (non-hydrogen) atoms. The molecule has 1 amide bonds. The van der Waals surface area contributed by atoms with Crippen LogP contribution in [0, 0.1) is 5.92 Å². The van der Waals surface area contributed by atoms with Crippen molar-refractivity contribution in [1.82, 2.24) is 0 Å². The van der Waals surface area contributed by atoms with Gasteiger partial charge in [0.25, 0.3) is 0 Å². The van der Waals surface area contributed by atoms with Crippen molar-refractivity contribution in [2.45, 2.75) is 33.1 Å². The summed E-state index contributed by atoms with van der Waals surface area (Å²) in [6, 6.07) is 5.39. The standard InChI is InChI=1S/C16H19ClN2O2.ClH/c1-3-16(21)19-15-9-11(4-5-14(15)17)18-12-6-10(2)7-13(20)8-12;/h4-5,8-10,20H,3,6-7H2,1-2H3,(H,19,21);1H. The van der Waals surface area contributed by atoms with Crippen LogP contribution in [0.15, 0.2) is 30.0 Å². The SMILES string of the molecule is CCC(=O)Nc1cc([NH+]=C2C=C(O)CC(C)C2)ccc1Cl.[Cl-]. The lowest BCUT2D eigenvalue weighted by molar-refractivity contribution is -0.354. The highest BCUT2D eigenvalue weighted by molar-refractivity contribution is 6.33. The summed E-state index contributed by atoms with van der Waals surface area (Å²) < 4.78 is 0. The second-order valence-corrected chi connectivity index (χ2v) is 5.80. The molecule has 6 heteroatoms. The molecule has 1 aliphatic rings. The van der Waals surface area contributed by atoms with Crippen molar-refractivity contribution in [3.63, 3.8) is 0 Å². The fourth-order valence-corrected chi connectivity index (χ4v) is 2.50. The Morgan fingerprint density at radius 1 is 1.45 bits per heavy atom. The Morgan fingerprint density at radius 2 is 2.18 bits per heavy atom. The van der Waals surface area contributed by atoms with E-state index in [4.69, 9.17) is 11.6 Å². The number of rotatable bonds is 3. The highest BCUT2D eigenvalue weighted by Gasteiger charge is 2.19. The van der Waals surface area contributed by atoms with Crippen molar-refractivity contribution in [2.24, 2.45) is 5.92 Å². The molecule has 0 spiro atoms. The van der Waals surface area contributed by atoms with Gasteiger partial charge in [-0.1, -0.05) is 25.4 Å². The third kappa shape index (κ3) is 5.04. The molecule has 3 N–H and O–H groups in total. The zero-order valence-corrected chi connectivity index (χ0v) is 14.1. The van der Waals surface area contributed by atoms with Gasteiger partial charge in [0, 0.05) is 37.5 Å². The highest BCUT2D eigenvalue weighted by atomic mass is 35.5. The van der Waals surface area contributed by atoms with E-state index in [1.165, 1.54) is 0 Å². The second-order valence-electron chi connectivity index (χ2n) is 5.40. The van der Waals surface area contributed by atoms with Gasteiger partial charge < -0.3 is 22.8 Å². The van der Waals surface area contributed by atoms with E-state index in [2.05, 4.69) is 17.2 Å². The van der Waals surface area contributed by atoms with Crippen LogP contribution in [0.3, 0.4) is 0 Å². The number of anilines is 1. The zero-order chi connectivity index (χ0) is 15.4. The number of allylic oxidation sites excluding steroid dienone is 2. The monoisotopic (exact) mass is 342 g/mol. The van der Waals surface area contributed by atoms with Crippen LogP contribution in [0.25, 0.3) is 0 Å². The Balaban J connectivity index is 0.00000242. The van der Waals surface area contributed by atoms with Gasteiger partial charge in [-0.25, -0.2) is 4.99 Å². The average molecular weight is 343 g/mol. The van der Waals surface area contributed by atoms with Gasteiger partial charge in [-0.3, -0.25) is 4.79 Å². The molecule has 0 aromatic heterocycles. The topological polar surface area (TPSA) is 63.3 Å². The Labute approximate surface area is 141 Å². The van der Waals surface area contributed by atoms with E-state index in [9.17, 15) is 9.90 Å². The zero-order valence-electron chi connectivity index (χ0n) is 12.6. The Bertz CT molecular complexity index is 612. The van der Waals surface area contributed by atoms with E-state index in [1.54, 1.807) is 25.1 Å². The quantitative estimate of drug-likeness (QED) is 0.707. The van der Waals surface area contributed by atoms with Crippen molar-refractivity contribution in [1.29, 1.82) is 0 Å². The number of carbonyl (C=O) groups excluding carboxylic acids is 1. The van der Waals surface area contributed by atoms with E-state index >= 15 is 0 Å². The Hall–Kier alpha value is -1.52. The molecule has 1 aliphatic carbocycles. The van der Waals surface area contributed by atoms with Crippen LogP contribution in [-0.2, 0) is 4.79 Å². The molecule has 1 aromatic rings. The van der Waals surface area contributed by atoms with E-state index in [0.29, 0.717) is 35.2 Å². The fraction of sp³-hybridized carbons (Fsp3) is 0.375. The van der Waals surface area contributed by atoms with Gasteiger partial charge in [-0.15, -0.1) is 0 Å². The van der Waals surface area contributed by atoms with Gasteiger partial charge in [0.1, 0.15) is 0 Å². The summed E-state index contributed by atoms with van der Waals surface area (Å²) in [7, 11) is 0. The first-order valence-corrected chi connectivity index (χ1v) is 7.47. The second kappa shape index (κ2) is 8.20. The predicted molar refractivity (Wildman–Crippen MR) is 85.1 cm³/mol. The van der Waals surface area contributed by atoms with Crippen molar-refractivity contribution in [3.8, 4) is 0 Å². The molecule has 1 aromatic carbocycles. The first kappa shape index (κ1) is 18.5.